The molecule has 0 heterocycles. The highest BCUT2D eigenvalue weighted by atomic mass is 16.7. The lowest BCUT2D eigenvalue weighted by atomic mass is 9.96. The van der Waals surface area contributed by atoms with Crippen molar-refractivity contribution in [1.82, 2.24) is 0 Å². The third-order valence-corrected chi connectivity index (χ3v) is 1.86. The van der Waals surface area contributed by atoms with Crippen LogP contribution in [0, 0.1) is 30.3 Å². The first-order valence-corrected chi connectivity index (χ1v) is 3.59. The molecule has 9 nitrogen and oxygen atoms in total. The molecule has 0 aliphatic heterocycles. The fourth-order valence-electron chi connectivity index (χ4n) is 0.811. The van der Waals surface area contributed by atoms with E-state index in [4.69, 9.17) is 0 Å². The van der Waals surface area contributed by atoms with Crippen LogP contribution in [0.25, 0.3) is 0 Å². The largest absolute Gasteiger partial charge is 0.343 e. The maximum Gasteiger partial charge on any atom is 0.343 e. The Bertz CT molecular complexity index is 275. The van der Waals surface area contributed by atoms with Crippen molar-refractivity contribution < 1.29 is 14.8 Å². The summed E-state index contributed by atoms with van der Waals surface area (Å²) in [6.07, 6.45) is 0. The van der Waals surface area contributed by atoms with Gasteiger partial charge in [0.05, 0.1) is 0 Å². The van der Waals surface area contributed by atoms with Gasteiger partial charge in [-0.2, -0.15) is 0 Å². The molecule has 0 saturated heterocycles. The van der Waals surface area contributed by atoms with Gasteiger partial charge in [0.15, 0.2) is 0 Å². The zero-order valence-electron chi connectivity index (χ0n) is 7.58. The van der Waals surface area contributed by atoms with Crippen molar-refractivity contribution in [2.24, 2.45) is 0 Å². The minimum atomic E-state index is -1.95. The zero-order valence-corrected chi connectivity index (χ0v) is 7.58. The van der Waals surface area contributed by atoms with Gasteiger partial charge in [-0.1, -0.05) is 0 Å². The van der Waals surface area contributed by atoms with E-state index in [0.717, 1.165) is 13.8 Å². The highest BCUT2D eigenvalue weighted by molar-refractivity contribution is 4.77. The number of rotatable bonds is 5. The lowest BCUT2D eigenvalue weighted by molar-refractivity contribution is -0.671. The molecule has 0 saturated carbocycles. The van der Waals surface area contributed by atoms with E-state index < -0.39 is 32.9 Å². The van der Waals surface area contributed by atoms with Crippen molar-refractivity contribution in [1.29, 1.82) is 0 Å². The van der Waals surface area contributed by atoms with Crippen molar-refractivity contribution in [3.05, 3.63) is 30.3 Å². The molecule has 0 bridgehead atoms. The van der Waals surface area contributed by atoms with E-state index in [-0.39, 0.29) is 0 Å². The standard InChI is InChI=1S/C5H9N3O6/c1-5(2,8(13)14)4(7(11)12)3-6(9)10/h4H,3H2,1-2H3. The summed E-state index contributed by atoms with van der Waals surface area (Å²) < 4.78 is 0. The summed E-state index contributed by atoms with van der Waals surface area (Å²) in [5.74, 6) is 0. The Morgan fingerprint density at radius 3 is 1.79 bits per heavy atom. The summed E-state index contributed by atoms with van der Waals surface area (Å²) in [6, 6.07) is -1.83. The van der Waals surface area contributed by atoms with E-state index in [0.29, 0.717) is 0 Å². The monoisotopic (exact) mass is 207 g/mol. The Kier molecular flexibility index (Phi) is 3.43. The van der Waals surface area contributed by atoms with Gasteiger partial charge in [0, 0.05) is 28.6 Å². The summed E-state index contributed by atoms with van der Waals surface area (Å²) in [4.78, 5) is 28.1. The molecule has 0 aromatic heterocycles. The second kappa shape index (κ2) is 3.94. The van der Waals surface area contributed by atoms with Gasteiger partial charge in [0.1, 0.15) is 0 Å². The normalized spacial score (nSPS) is 13.3. The van der Waals surface area contributed by atoms with Gasteiger partial charge in [-0.25, -0.2) is 0 Å². The molecule has 0 aromatic rings. The van der Waals surface area contributed by atoms with Gasteiger partial charge >= 0.3 is 6.04 Å². The molecule has 80 valence electrons. The van der Waals surface area contributed by atoms with Crippen molar-refractivity contribution in [3.63, 3.8) is 0 Å². The third-order valence-electron chi connectivity index (χ3n) is 1.86. The van der Waals surface area contributed by atoms with Crippen LogP contribution in [-0.2, 0) is 0 Å². The van der Waals surface area contributed by atoms with E-state index >= 15 is 0 Å². The number of hydrogen-bond acceptors (Lipinski definition) is 6. The van der Waals surface area contributed by atoms with Crippen LogP contribution in [0.4, 0.5) is 0 Å². The SMILES string of the molecule is CC(C)(C(C[N+](=O)[O-])[N+](=O)[O-])[N+](=O)[O-]. The molecule has 1 atom stereocenters. The number of nitro groups is 3. The number of hydrogen-bond donors (Lipinski definition) is 0. The van der Waals surface area contributed by atoms with Gasteiger partial charge in [-0.05, 0) is 0 Å². The molecule has 1 unspecified atom stereocenters. The summed E-state index contributed by atoms with van der Waals surface area (Å²) in [6.45, 7) is 0.926. The minimum absolute atomic E-state index is 0.885. The van der Waals surface area contributed by atoms with Crippen LogP contribution in [0.3, 0.4) is 0 Å². The predicted octanol–water partition coefficient (Wildman–Crippen LogP) is -0.0363. The molecular formula is C5H9N3O6. The fraction of sp³-hybridized carbons (Fsp3) is 1.00. The summed E-state index contributed by atoms with van der Waals surface area (Å²) in [5, 5.41) is 30.9. The van der Waals surface area contributed by atoms with E-state index in [1.807, 2.05) is 0 Å². The molecule has 0 radical (unpaired) electrons. The maximum absolute atomic E-state index is 10.4. The second-order valence-corrected chi connectivity index (χ2v) is 3.23. The smallest absolute Gasteiger partial charge is 0.264 e. The van der Waals surface area contributed by atoms with E-state index in [2.05, 4.69) is 0 Å². The highest BCUT2D eigenvalue weighted by Gasteiger charge is 2.53. The average Bonchev–Trinajstić information content (AvgIpc) is 1.98. The van der Waals surface area contributed by atoms with Crippen LogP contribution in [0.1, 0.15) is 13.8 Å². The van der Waals surface area contributed by atoms with Crippen molar-refractivity contribution in [2.45, 2.75) is 25.4 Å². The van der Waals surface area contributed by atoms with E-state index in [1.54, 1.807) is 0 Å². The van der Waals surface area contributed by atoms with Gasteiger partial charge in [0.25, 0.3) is 12.1 Å². The first-order valence-electron chi connectivity index (χ1n) is 3.59. The molecule has 0 amide bonds. The maximum atomic E-state index is 10.4. The Hall–Kier alpha value is -1.80. The molecule has 0 aliphatic rings. The van der Waals surface area contributed by atoms with Crippen LogP contribution in [-0.4, -0.2) is 32.9 Å². The number of nitrogens with zero attached hydrogens (tertiary/aromatic N) is 3. The van der Waals surface area contributed by atoms with Crippen molar-refractivity contribution in [3.8, 4) is 0 Å². The zero-order chi connectivity index (χ0) is 11.5. The third kappa shape index (κ3) is 2.61. The van der Waals surface area contributed by atoms with Crippen LogP contribution in [0.15, 0.2) is 0 Å². The molecule has 0 aromatic carbocycles. The molecule has 0 rings (SSSR count). The van der Waals surface area contributed by atoms with Crippen LogP contribution >= 0.6 is 0 Å². The van der Waals surface area contributed by atoms with Crippen LogP contribution < -0.4 is 0 Å². The Balaban J connectivity index is 4.91. The van der Waals surface area contributed by atoms with E-state index in [9.17, 15) is 30.3 Å². The van der Waals surface area contributed by atoms with Gasteiger partial charge in [-0.15, -0.1) is 0 Å². The molecular weight excluding hydrogens is 198 g/mol. The topological polar surface area (TPSA) is 129 Å². The Labute approximate surface area is 78.2 Å². The lowest BCUT2D eigenvalue weighted by Crippen LogP contribution is -2.51. The van der Waals surface area contributed by atoms with Crippen molar-refractivity contribution in [2.75, 3.05) is 6.54 Å². The highest BCUT2D eigenvalue weighted by Crippen LogP contribution is 2.16. The fourth-order valence-corrected chi connectivity index (χ4v) is 0.811. The second-order valence-electron chi connectivity index (χ2n) is 3.23. The van der Waals surface area contributed by atoms with Crippen LogP contribution in [0.2, 0.25) is 0 Å². The summed E-state index contributed by atoms with van der Waals surface area (Å²) >= 11 is 0. The average molecular weight is 207 g/mol. The quantitative estimate of drug-likeness (QED) is 0.459. The first-order chi connectivity index (χ1) is 6.19. The molecule has 0 spiro atoms. The summed E-state index contributed by atoms with van der Waals surface area (Å²) in [7, 11) is 0. The predicted molar refractivity (Wildman–Crippen MR) is 43.7 cm³/mol. The Morgan fingerprint density at radius 2 is 1.57 bits per heavy atom. The van der Waals surface area contributed by atoms with Gasteiger partial charge in [-0.3, -0.25) is 30.3 Å². The molecule has 9 heteroatoms. The molecule has 0 fully saturated rings. The molecule has 0 N–H and O–H groups in total. The Morgan fingerprint density at radius 1 is 1.14 bits per heavy atom. The summed E-state index contributed by atoms with van der Waals surface area (Å²) in [5.41, 5.74) is -1.95. The van der Waals surface area contributed by atoms with Crippen LogP contribution in [0.5, 0.6) is 0 Å². The van der Waals surface area contributed by atoms with Crippen molar-refractivity contribution >= 4 is 0 Å². The molecule has 0 aliphatic carbocycles. The first kappa shape index (κ1) is 12.2. The van der Waals surface area contributed by atoms with Gasteiger partial charge in [0.2, 0.25) is 0 Å². The van der Waals surface area contributed by atoms with E-state index in [1.165, 1.54) is 0 Å². The minimum Gasteiger partial charge on any atom is -0.264 e. The molecule has 14 heavy (non-hydrogen) atoms. The lowest BCUT2D eigenvalue weighted by Gasteiger charge is -2.16. The van der Waals surface area contributed by atoms with Gasteiger partial charge < -0.3 is 0 Å².